The van der Waals surface area contributed by atoms with Crippen LogP contribution in [0.3, 0.4) is 0 Å². The molecule has 0 atom stereocenters. The van der Waals surface area contributed by atoms with Gasteiger partial charge in [0.25, 0.3) is 0 Å². The molecule has 0 amide bonds. The molecule has 10 aromatic rings. The molecular formula is C46H29NO2. The zero-order valence-corrected chi connectivity index (χ0v) is 26.2. The molecule has 0 N–H and O–H groups in total. The smallest absolute Gasteiger partial charge is 0.143 e. The van der Waals surface area contributed by atoms with Gasteiger partial charge >= 0.3 is 0 Å². The maximum Gasteiger partial charge on any atom is 0.143 e. The van der Waals surface area contributed by atoms with E-state index < -0.39 is 0 Å². The van der Waals surface area contributed by atoms with Crippen molar-refractivity contribution < 1.29 is 14.3 Å². The van der Waals surface area contributed by atoms with E-state index in [-0.39, 0.29) is 35.4 Å². The summed E-state index contributed by atoms with van der Waals surface area (Å²) >= 11 is 0. The first-order valence-corrected chi connectivity index (χ1v) is 16.3. The second-order valence-electron chi connectivity index (χ2n) is 12.2. The average Bonchev–Trinajstić information content (AvgIpc) is 3.79. The lowest BCUT2D eigenvalue weighted by atomic mass is 10.0. The summed E-state index contributed by atoms with van der Waals surface area (Å²) in [6, 6.07) is 48.7. The molecule has 0 spiro atoms. The molecule has 0 fully saturated rings. The third-order valence-electron chi connectivity index (χ3n) is 9.33. The van der Waals surface area contributed by atoms with Gasteiger partial charge in [-0.05, 0) is 70.6 Å². The van der Waals surface area contributed by atoms with Crippen LogP contribution >= 0.6 is 0 Å². The minimum absolute atomic E-state index is 0.133. The third kappa shape index (κ3) is 4.44. The van der Waals surface area contributed by atoms with Gasteiger partial charge in [0.15, 0.2) is 0 Å². The number of nitrogens with zero attached hydrogens (tertiary/aromatic N) is 1. The molecule has 0 aliphatic carbocycles. The minimum Gasteiger partial charge on any atom is -0.455 e. The summed E-state index contributed by atoms with van der Waals surface area (Å²) in [5.74, 6) is 0. The summed E-state index contributed by atoms with van der Waals surface area (Å²) in [7, 11) is 0. The molecule has 0 unspecified atom stereocenters. The first kappa shape index (κ1) is 23.7. The predicted molar refractivity (Wildman–Crippen MR) is 204 cm³/mol. The molecule has 0 saturated heterocycles. The first-order chi connectivity index (χ1) is 26.0. The highest BCUT2D eigenvalue weighted by Gasteiger charge is 2.21. The summed E-state index contributed by atoms with van der Waals surface area (Å²) in [5, 5.41) is 5.52. The summed E-state index contributed by atoms with van der Waals surface area (Å²) in [6.07, 6.45) is 0. The molecule has 10 rings (SSSR count). The first-order valence-electron chi connectivity index (χ1n) is 18.3. The van der Waals surface area contributed by atoms with Gasteiger partial charge in [0.1, 0.15) is 22.3 Å². The van der Waals surface area contributed by atoms with E-state index >= 15 is 0 Å². The van der Waals surface area contributed by atoms with Gasteiger partial charge in [-0.2, -0.15) is 0 Å². The normalized spacial score (nSPS) is 12.8. The quantitative estimate of drug-likeness (QED) is 0.189. The Kier molecular flexibility index (Phi) is 5.32. The van der Waals surface area contributed by atoms with Crippen molar-refractivity contribution >= 4 is 71.7 Å². The zero-order chi connectivity index (χ0) is 35.8. The molecule has 230 valence electrons. The molecule has 3 nitrogen and oxygen atoms in total. The average molecular weight is 632 g/mol. The largest absolute Gasteiger partial charge is 0.455 e. The Morgan fingerprint density at radius 3 is 2.02 bits per heavy atom. The number of fused-ring (bicyclic) bond motifs is 8. The van der Waals surface area contributed by atoms with Crippen LogP contribution in [0.2, 0.25) is 0 Å². The van der Waals surface area contributed by atoms with E-state index in [0.717, 1.165) is 49.0 Å². The van der Waals surface area contributed by atoms with Crippen LogP contribution in [0.5, 0.6) is 0 Å². The van der Waals surface area contributed by atoms with Crippen LogP contribution in [-0.2, 0) is 0 Å². The highest BCUT2D eigenvalue weighted by molar-refractivity contribution is 6.19. The zero-order valence-electron chi connectivity index (χ0n) is 30.2. The standard InChI is InChI=1S/C46H29NO2/c1-2-11-30(12-3-1)33-14-8-15-35(29-33)47(41-20-10-22-43-44(41)40-28-25-31-13-4-5-16-36(31)46(40)49-43)34-26-23-32(24-27-34)37-18-9-19-39-38-17-6-7-21-42(38)48-45(37)39/h1-29H/i23D,24D,26D,27D. The molecule has 0 aliphatic heterocycles. The fourth-order valence-corrected chi connectivity index (χ4v) is 7.06. The summed E-state index contributed by atoms with van der Waals surface area (Å²) in [5.41, 5.74) is 6.77. The molecule has 2 aromatic heterocycles. The number of rotatable bonds is 5. The number of benzene rings is 8. The number of anilines is 3. The van der Waals surface area contributed by atoms with Gasteiger partial charge in [-0.1, -0.05) is 127 Å². The molecule has 0 bridgehead atoms. The fraction of sp³-hybridized carbons (Fsp3) is 0. The van der Waals surface area contributed by atoms with E-state index in [2.05, 4.69) is 18.2 Å². The van der Waals surface area contributed by atoms with Crippen molar-refractivity contribution in [3.8, 4) is 22.3 Å². The molecule has 2 heterocycles. The Bertz CT molecular complexity index is 3050. The Morgan fingerprint density at radius 1 is 0.429 bits per heavy atom. The molecule has 0 radical (unpaired) electrons. The number of hydrogen-bond acceptors (Lipinski definition) is 3. The number of para-hydroxylation sites is 2. The van der Waals surface area contributed by atoms with Crippen LogP contribution in [0.25, 0.3) is 76.9 Å². The summed E-state index contributed by atoms with van der Waals surface area (Å²) < 4.78 is 51.1. The van der Waals surface area contributed by atoms with Crippen LogP contribution in [0.4, 0.5) is 17.1 Å². The Balaban J connectivity index is 1.27. The SMILES string of the molecule is [2H]c1c([2H])c(N(c2cccc(-c3ccccc3)c2)c2cccc3oc4c5ccccc5ccc4c23)c([2H])c([2H])c1-c1cccc2c1oc1ccccc12. The Hall–Kier alpha value is -6.58. The minimum atomic E-state index is -0.172. The lowest BCUT2D eigenvalue weighted by molar-refractivity contribution is 0.670. The predicted octanol–water partition coefficient (Wildman–Crippen LogP) is 13.4. The highest BCUT2D eigenvalue weighted by Crippen LogP contribution is 2.45. The topological polar surface area (TPSA) is 29.5 Å². The van der Waals surface area contributed by atoms with Crippen molar-refractivity contribution in [3.05, 3.63) is 176 Å². The molecule has 0 saturated carbocycles. The van der Waals surface area contributed by atoms with E-state index in [1.54, 1.807) is 6.07 Å². The van der Waals surface area contributed by atoms with Crippen LogP contribution in [0, 0.1) is 0 Å². The van der Waals surface area contributed by atoms with Crippen LogP contribution < -0.4 is 4.90 Å². The van der Waals surface area contributed by atoms with Gasteiger partial charge in [-0.25, -0.2) is 0 Å². The Labute approximate surface area is 288 Å². The fourth-order valence-electron chi connectivity index (χ4n) is 7.06. The van der Waals surface area contributed by atoms with Gasteiger partial charge in [-0.15, -0.1) is 0 Å². The van der Waals surface area contributed by atoms with Crippen molar-refractivity contribution in [2.75, 3.05) is 4.90 Å². The molecular weight excluding hydrogens is 599 g/mol. The highest BCUT2D eigenvalue weighted by atomic mass is 16.3. The van der Waals surface area contributed by atoms with Gasteiger partial charge in [-0.3, -0.25) is 0 Å². The van der Waals surface area contributed by atoms with Crippen molar-refractivity contribution in [2.24, 2.45) is 0 Å². The maximum absolute atomic E-state index is 9.64. The maximum atomic E-state index is 9.64. The van der Waals surface area contributed by atoms with E-state index in [1.807, 2.05) is 132 Å². The van der Waals surface area contributed by atoms with Gasteiger partial charge in [0.2, 0.25) is 0 Å². The number of furan rings is 2. The van der Waals surface area contributed by atoms with Crippen molar-refractivity contribution in [1.82, 2.24) is 0 Å². The van der Waals surface area contributed by atoms with Crippen molar-refractivity contribution in [1.29, 1.82) is 0 Å². The van der Waals surface area contributed by atoms with Gasteiger partial charge < -0.3 is 13.7 Å². The van der Waals surface area contributed by atoms with E-state index in [4.69, 9.17) is 8.83 Å². The van der Waals surface area contributed by atoms with Crippen molar-refractivity contribution in [2.45, 2.75) is 0 Å². The second-order valence-corrected chi connectivity index (χ2v) is 12.2. The third-order valence-corrected chi connectivity index (χ3v) is 9.33. The van der Waals surface area contributed by atoms with Crippen molar-refractivity contribution in [3.63, 3.8) is 0 Å². The molecule has 8 aromatic carbocycles. The van der Waals surface area contributed by atoms with Crippen LogP contribution in [0.1, 0.15) is 5.48 Å². The van der Waals surface area contributed by atoms with Gasteiger partial charge in [0, 0.05) is 38.5 Å². The number of hydrogen-bond donors (Lipinski definition) is 0. The Morgan fingerprint density at radius 2 is 1.12 bits per heavy atom. The van der Waals surface area contributed by atoms with E-state index in [1.165, 1.54) is 0 Å². The monoisotopic (exact) mass is 631 g/mol. The van der Waals surface area contributed by atoms with E-state index in [9.17, 15) is 5.48 Å². The summed E-state index contributed by atoms with van der Waals surface area (Å²) in [6.45, 7) is 0. The van der Waals surface area contributed by atoms with Gasteiger partial charge in [0.05, 0.1) is 16.6 Å². The second kappa shape index (κ2) is 11.0. The lowest BCUT2D eigenvalue weighted by Gasteiger charge is -2.27. The molecule has 3 heteroatoms. The molecule has 0 aliphatic rings. The molecule has 49 heavy (non-hydrogen) atoms. The summed E-state index contributed by atoms with van der Waals surface area (Å²) in [4.78, 5) is 1.85. The van der Waals surface area contributed by atoms with E-state index in [0.29, 0.717) is 33.7 Å². The lowest BCUT2D eigenvalue weighted by Crippen LogP contribution is -2.10. The van der Waals surface area contributed by atoms with Crippen LogP contribution in [0.15, 0.2) is 185 Å². The van der Waals surface area contributed by atoms with Crippen LogP contribution in [-0.4, -0.2) is 0 Å².